The number of hydrogen-bond donors (Lipinski definition) is 3. The number of benzene rings is 1. The van der Waals surface area contributed by atoms with Gasteiger partial charge in [0.1, 0.15) is 6.04 Å². The predicted molar refractivity (Wildman–Crippen MR) is 85.9 cm³/mol. The first-order valence-corrected chi connectivity index (χ1v) is 7.46. The van der Waals surface area contributed by atoms with E-state index >= 15 is 0 Å². The van der Waals surface area contributed by atoms with Crippen molar-refractivity contribution in [2.24, 2.45) is 5.73 Å². The smallest absolute Gasteiger partial charge is 0.320 e. The molecule has 2 aromatic rings. The molecule has 1 heterocycles. The van der Waals surface area contributed by atoms with Crippen LogP contribution in [0.25, 0.3) is 10.9 Å². The van der Waals surface area contributed by atoms with Gasteiger partial charge in [0.25, 0.3) is 0 Å². The molecule has 0 unspecified atom stereocenters. The molecular weight excluding hydrogens is 298 g/mol. The summed E-state index contributed by atoms with van der Waals surface area (Å²) in [5, 5.41) is 24.3. The van der Waals surface area contributed by atoms with Crippen LogP contribution in [0.1, 0.15) is 26.5 Å². The van der Waals surface area contributed by atoms with Gasteiger partial charge in [-0.1, -0.05) is 18.2 Å². The van der Waals surface area contributed by atoms with Crippen LogP contribution in [0.5, 0.6) is 0 Å². The minimum absolute atomic E-state index is 0.124. The van der Waals surface area contributed by atoms with Crippen LogP contribution in [0, 0.1) is 0 Å². The van der Waals surface area contributed by atoms with E-state index in [0.717, 1.165) is 10.9 Å². The number of aliphatic hydroxyl groups excluding tert-OH is 1. The highest BCUT2D eigenvalue weighted by Gasteiger charge is 2.21. The van der Waals surface area contributed by atoms with Gasteiger partial charge < -0.3 is 20.7 Å². The standard InChI is InChI=1S/C16H23N3O4/c1-16(2,3)23-14(20)9-19-13-7-5-4-6-10(13)12(18-19)8-11(17)15(21)22/h4-7,11,14,20H,8-9,17H2,1-3H3,(H,21,22)/t11-,14-/m0/s1. The lowest BCUT2D eigenvalue weighted by molar-refractivity contribution is -0.172. The number of carbonyl (C=O) groups is 1. The molecule has 1 aromatic carbocycles. The van der Waals surface area contributed by atoms with Gasteiger partial charge in [-0.2, -0.15) is 5.10 Å². The fourth-order valence-corrected chi connectivity index (χ4v) is 2.38. The van der Waals surface area contributed by atoms with Gasteiger partial charge in [-0.25, -0.2) is 0 Å². The van der Waals surface area contributed by atoms with Crippen molar-refractivity contribution in [2.45, 2.75) is 51.7 Å². The third-order valence-electron chi connectivity index (χ3n) is 3.28. The maximum atomic E-state index is 11.0. The van der Waals surface area contributed by atoms with Crippen LogP contribution in [-0.4, -0.2) is 43.9 Å². The molecule has 4 N–H and O–H groups in total. The third kappa shape index (κ3) is 4.51. The maximum absolute atomic E-state index is 11.0. The lowest BCUT2D eigenvalue weighted by Crippen LogP contribution is -2.32. The van der Waals surface area contributed by atoms with Gasteiger partial charge in [0.2, 0.25) is 0 Å². The van der Waals surface area contributed by atoms with Gasteiger partial charge in [-0.05, 0) is 26.8 Å². The molecule has 0 fully saturated rings. The van der Waals surface area contributed by atoms with Crippen LogP contribution >= 0.6 is 0 Å². The van der Waals surface area contributed by atoms with Crippen molar-refractivity contribution in [3.8, 4) is 0 Å². The minimum Gasteiger partial charge on any atom is -0.480 e. The molecule has 0 aliphatic carbocycles. The van der Waals surface area contributed by atoms with Gasteiger partial charge in [0.05, 0.1) is 23.4 Å². The second kappa shape index (κ2) is 6.66. The van der Waals surface area contributed by atoms with E-state index < -0.39 is 23.9 Å². The van der Waals surface area contributed by atoms with Crippen molar-refractivity contribution in [1.82, 2.24) is 9.78 Å². The lowest BCUT2D eigenvalue weighted by Gasteiger charge is -2.24. The summed E-state index contributed by atoms with van der Waals surface area (Å²) in [6.07, 6.45) is -0.890. The average Bonchev–Trinajstić information content (AvgIpc) is 2.75. The Hall–Kier alpha value is -1.96. The Morgan fingerprint density at radius 1 is 1.39 bits per heavy atom. The molecule has 7 heteroatoms. The number of nitrogens with zero attached hydrogens (tertiary/aromatic N) is 2. The first kappa shape index (κ1) is 17.4. The summed E-state index contributed by atoms with van der Waals surface area (Å²) >= 11 is 0. The highest BCUT2D eigenvalue weighted by atomic mass is 16.6. The van der Waals surface area contributed by atoms with E-state index in [1.165, 1.54) is 0 Å². The quantitative estimate of drug-likeness (QED) is 0.688. The molecule has 0 saturated heterocycles. The number of carboxylic acids is 1. The molecule has 0 aliphatic rings. The zero-order valence-corrected chi connectivity index (χ0v) is 13.6. The normalized spacial score (nSPS) is 14.8. The Morgan fingerprint density at radius 3 is 2.65 bits per heavy atom. The van der Waals surface area contributed by atoms with E-state index in [1.54, 1.807) is 4.68 Å². The number of fused-ring (bicyclic) bond motifs is 1. The summed E-state index contributed by atoms with van der Waals surface area (Å²) in [5.41, 5.74) is 6.53. The van der Waals surface area contributed by atoms with Crippen molar-refractivity contribution in [3.05, 3.63) is 30.0 Å². The van der Waals surface area contributed by atoms with Crippen LogP contribution < -0.4 is 5.73 Å². The summed E-state index contributed by atoms with van der Waals surface area (Å²) in [5.74, 6) is -1.07. The van der Waals surface area contributed by atoms with E-state index in [1.807, 2.05) is 45.0 Å². The largest absolute Gasteiger partial charge is 0.480 e. The van der Waals surface area contributed by atoms with Crippen LogP contribution in [0.4, 0.5) is 0 Å². The zero-order chi connectivity index (χ0) is 17.2. The maximum Gasteiger partial charge on any atom is 0.320 e. The summed E-state index contributed by atoms with van der Waals surface area (Å²) in [6, 6.07) is 6.42. The van der Waals surface area contributed by atoms with Crippen molar-refractivity contribution >= 4 is 16.9 Å². The Bertz CT molecular complexity index is 690. The molecule has 7 nitrogen and oxygen atoms in total. The number of aliphatic carboxylic acids is 1. The molecule has 0 spiro atoms. The number of aliphatic hydroxyl groups is 1. The molecule has 0 aliphatic heterocycles. The number of ether oxygens (including phenoxy) is 1. The summed E-state index contributed by atoms with van der Waals surface area (Å²) in [7, 11) is 0. The van der Waals surface area contributed by atoms with E-state index in [9.17, 15) is 9.90 Å². The van der Waals surface area contributed by atoms with Crippen LogP contribution in [0.2, 0.25) is 0 Å². The Balaban J connectivity index is 2.28. The van der Waals surface area contributed by atoms with Crippen molar-refractivity contribution in [1.29, 1.82) is 0 Å². The Morgan fingerprint density at radius 2 is 2.04 bits per heavy atom. The molecule has 23 heavy (non-hydrogen) atoms. The van der Waals surface area contributed by atoms with Gasteiger partial charge in [-0.3, -0.25) is 9.48 Å². The first-order chi connectivity index (χ1) is 10.7. The van der Waals surface area contributed by atoms with Gasteiger partial charge in [0.15, 0.2) is 6.29 Å². The Kier molecular flexibility index (Phi) is 5.03. The predicted octanol–water partition coefficient (Wildman–Crippen LogP) is 1.12. The molecule has 2 rings (SSSR count). The fourth-order valence-electron chi connectivity index (χ4n) is 2.38. The van der Waals surface area contributed by atoms with Crippen LogP contribution in [-0.2, 0) is 22.5 Å². The number of carboxylic acid groups (broad SMARTS) is 1. The van der Waals surface area contributed by atoms with E-state index in [-0.39, 0.29) is 13.0 Å². The van der Waals surface area contributed by atoms with Crippen molar-refractivity contribution in [2.75, 3.05) is 0 Å². The monoisotopic (exact) mass is 321 g/mol. The molecule has 0 bridgehead atoms. The topological polar surface area (TPSA) is 111 Å². The van der Waals surface area contributed by atoms with Crippen LogP contribution in [0.15, 0.2) is 24.3 Å². The van der Waals surface area contributed by atoms with Gasteiger partial charge in [0, 0.05) is 11.8 Å². The first-order valence-electron chi connectivity index (χ1n) is 7.46. The molecule has 0 saturated carbocycles. The molecular formula is C16H23N3O4. The fraction of sp³-hybridized carbons (Fsp3) is 0.500. The number of nitrogens with two attached hydrogens (primary N) is 1. The SMILES string of the molecule is CC(C)(C)O[C@H](O)Cn1nc(C[C@H](N)C(=O)O)c2ccccc21. The van der Waals surface area contributed by atoms with Crippen LogP contribution in [0.3, 0.4) is 0 Å². The van der Waals surface area contributed by atoms with Gasteiger partial charge in [-0.15, -0.1) is 0 Å². The molecule has 126 valence electrons. The average molecular weight is 321 g/mol. The van der Waals surface area contributed by atoms with Gasteiger partial charge >= 0.3 is 5.97 Å². The molecule has 0 radical (unpaired) electrons. The highest BCUT2D eigenvalue weighted by Crippen LogP contribution is 2.21. The second-order valence-corrected chi connectivity index (χ2v) is 6.48. The number of rotatable bonds is 6. The number of hydrogen-bond acceptors (Lipinski definition) is 5. The summed E-state index contributed by atoms with van der Waals surface area (Å²) in [4.78, 5) is 11.0. The minimum atomic E-state index is -1.07. The van der Waals surface area contributed by atoms with Crippen molar-refractivity contribution in [3.63, 3.8) is 0 Å². The molecule has 1 aromatic heterocycles. The number of para-hydroxylation sites is 1. The zero-order valence-electron chi connectivity index (χ0n) is 13.6. The highest BCUT2D eigenvalue weighted by molar-refractivity contribution is 5.83. The van der Waals surface area contributed by atoms with Crippen molar-refractivity contribution < 1.29 is 19.7 Å². The Labute approximate surface area is 134 Å². The second-order valence-electron chi connectivity index (χ2n) is 6.48. The van der Waals surface area contributed by atoms with E-state index in [2.05, 4.69) is 5.10 Å². The molecule has 0 amide bonds. The third-order valence-corrected chi connectivity index (χ3v) is 3.28. The lowest BCUT2D eigenvalue weighted by atomic mass is 10.1. The summed E-state index contributed by atoms with van der Waals surface area (Å²) in [6.45, 7) is 5.72. The van der Waals surface area contributed by atoms with E-state index in [0.29, 0.717) is 5.69 Å². The molecule has 2 atom stereocenters. The number of aromatic nitrogens is 2. The van der Waals surface area contributed by atoms with E-state index in [4.69, 9.17) is 15.6 Å². The summed E-state index contributed by atoms with van der Waals surface area (Å²) < 4.78 is 7.12.